The second-order valence-corrected chi connectivity index (χ2v) is 5.26. The smallest absolute Gasteiger partial charge is 0.263 e. The van der Waals surface area contributed by atoms with Crippen LogP contribution in [0.5, 0.6) is 11.6 Å². The fraction of sp³-hybridized carbons (Fsp3) is 0.312. The predicted molar refractivity (Wildman–Crippen MR) is 81.3 cm³/mol. The Morgan fingerprint density at radius 1 is 1.27 bits per heavy atom. The number of aromatic nitrogens is 2. The van der Waals surface area contributed by atoms with Gasteiger partial charge < -0.3 is 14.7 Å². The average Bonchev–Trinajstić information content (AvgIpc) is 3.05. The van der Waals surface area contributed by atoms with E-state index in [9.17, 15) is 9.90 Å². The molecule has 0 radical (unpaired) electrons. The van der Waals surface area contributed by atoms with Gasteiger partial charge in [-0.2, -0.15) is 0 Å². The van der Waals surface area contributed by atoms with Gasteiger partial charge in [0.2, 0.25) is 0 Å². The number of ether oxygens (including phenoxy) is 1. The summed E-state index contributed by atoms with van der Waals surface area (Å²) in [5.41, 5.74) is 0.594. The molecule has 0 spiro atoms. The summed E-state index contributed by atoms with van der Waals surface area (Å²) in [7, 11) is 0. The molecule has 1 aliphatic rings. The van der Waals surface area contributed by atoms with Crippen molar-refractivity contribution in [3.8, 4) is 11.6 Å². The summed E-state index contributed by atoms with van der Waals surface area (Å²) in [4.78, 5) is 21.4. The number of aldehydes is 1. The highest BCUT2D eigenvalue weighted by Gasteiger charge is 2.25. The number of aliphatic hydroxyl groups excluding tert-OH is 1. The van der Waals surface area contributed by atoms with E-state index in [1.165, 1.54) is 0 Å². The zero-order valence-electron chi connectivity index (χ0n) is 12.1. The minimum atomic E-state index is 0.181. The van der Waals surface area contributed by atoms with E-state index in [1.807, 2.05) is 0 Å². The Bertz CT molecular complexity index is 645. The number of rotatable bonds is 5. The lowest BCUT2D eigenvalue weighted by Gasteiger charge is -2.19. The van der Waals surface area contributed by atoms with Gasteiger partial charge in [-0.05, 0) is 30.7 Å². The second kappa shape index (κ2) is 6.53. The van der Waals surface area contributed by atoms with Gasteiger partial charge in [-0.1, -0.05) is 0 Å². The van der Waals surface area contributed by atoms with Crippen molar-refractivity contribution in [2.24, 2.45) is 5.92 Å². The van der Waals surface area contributed by atoms with Gasteiger partial charge in [-0.15, -0.1) is 0 Å². The summed E-state index contributed by atoms with van der Waals surface area (Å²) in [6.07, 6.45) is 4.93. The molecule has 1 fully saturated rings. The van der Waals surface area contributed by atoms with Gasteiger partial charge in [0.1, 0.15) is 12.0 Å². The molecule has 0 aliphatic carbocycles. The van der Waals surface area contributed by atoms with E-state index in [1.54, 1.807) is 36.7 Å². The van der Waals surface area contributed by atoms with Gasteiger partial charge >= 0.3 is 0 Å². The van der Waals surface area contributed by atoms with Crippen molar-refractivity contribution in [1.82, 2.24) is 9.97 Å². The lowest BCUT2D eigenvalue weighted by atomic mass is 10.1. The Hall–Kier alpha value is -2.47. The molecule has 1 aromatic heterocycles. The van der Waals surface area contributed by atoms with Crippen LogP contribution in [-0.4, -0.2) is 41.1 Å². The first-order valence-electron chi connectivity index (χ1n) is 7.20. The molecule has 1 aliphatic heterocycles. The van der Waals surface area contributed by atoms with E-state index in [4.69, 9.17) is 4.74 Å². The molecule has 1 atom stereocenters. The van der Waals surface area contributed by atoms with Crippen LogP contribution in [0.1, 0.15) is 16.8 Å². The van der Waals surface area contributed by atoms with Crippen molar-refractivity contribution in [2.75, 3.05) is 24.6 Å². The molecule has 1 saturated heterocycles. The van der Waals surface area contributed by atoms with Gasteiger partial charge in [0, 0.05) is 43.6 Å². The first-order valence-corrected chi connectivity index (χ1v) is 7.20. The topological polar surface area (TPSA) is 75.5 Å². The SMILES string of the molecule is O=Cc1ccc(Oc2nccnc2N2CCC(CO)C2)cc1. The van der Waals surface area contributed by atoms with Crippen LogP contribution in [-0.2, 0) is 0 Å². The zero-order chi connectivity index (χ0) is 15.4. The maximum atomic E-state index is 10.7. The predicted octanol–water partition coefficient (Wildman–Crippen LogP) is 1.90. The first kappa shape index (κ1) is 14.5. The monoisotopic (exact) mass is 299 g/mol. The number of carbonyl (C=O) groups excluding carboxylic acids is 1. The maximum Gasteiger partial charge on any atom is 0.263 e. The van der Waals surface area contributed by atoms with Crippen LogP contribution in [0.15, 0.2) is 36.7 Å². The van der Waals surface area contributed by atoms with Crippen LogP contribution in [0.3, 0.4) is 0 Å². The molecule has 2 aromatic rings. The molecule has 0 bridgehead atoms. The molecular formula is C16H17N3O3. The van der Waals surface area contributed by atoms with Crippen LogP contribution in [0.25, 0.3) is 0 Å². The van der Waals surface area contributed by atoms with Crippen LogP contribution in [0.4, 0.5) is 5.82 Å². The number of hydrogen-bond donors (Lipinski definition) is 1. The van der Waals surface area contributed by atoms with E-state index in [-0.39, 0.29) is 12.5 Å². The molecule has 1 aromatic carbocycles. The Kier molecular flexibility index (Phi) is 4.29. The zero-order valence-corrected chi connectivity index (χ0v) is 12.1. The third-order valence-electron chi connectivity index (χ3n) is 3.72. The molecule has 0 saturated carbocycles. The number of nitrogens with zero attached hydrogens (tertiary/aromatic N) is 3. The van der Waals surface area contributed by atoms with Crippen molar-refractivity contribution >= 4 is 12.1 Å². The molecule has 1 N–H and O–H groups in total. The van der Waals surface area contributed by atoms with Gasteiger partial charge in [0.15, 0.2) is 5.82 Å². The van der Waals surface area contributed by atoms with Crippen molar-refractivity contribution < 1.29 is 14.6 Å². The number of anilines is 1. The minimum Gasteiger partial charge on any atom is -0.436 e. The van der Waals surface area contributed by atoms with Crippen molar-refractivity contribution in [3.63, 3.8) is 0 Å². The summed E-state index contributed by atoms with van der Waals surface area (Å²) >= 11 is 0. The molecule has 3 rings (SSSR count). The number of carbonyl (C=O) groups is 1. The third kappa shape index (κ3) is 3.07. The number of benzene rings is 1. The normalized spacial score (nSPS) is 17.5. The number of hydrogen-bond acceptors (Lipinski definition) is 6. The summed E-state index contributed by atoms with van der Waals surface area (Å²) < 4.78 is 5.80. The second-order valence-electron chi connectivity index (χ2n) is 5.26. The Balaban J connectivity index is 1.80. The highest BCUT2D eigenvalue weighted by molar-refractivity contribution is 5.74. The molecule has 2 heterocycles. The largest absolute Gasteiger partial charge is 0.436 e. The summed E-state index contributed by atoms with van der Waals surface area (Å²) in [5.74, 6) is 1.98. The fourth-order valence-electron chi connectivity index (χ4n) is 2.51. The number of aliphatic hydroxyl groups is 1. The average molecular weight is 299 g/mol. The third-order valence-corrected chi connectivity index (χ3v) is 3.72. The van der Waals surface area contributed by atoms with E-state index in [2.05, 4.69) is 14.9 Å². The lowest BCUT2D eigenvalue weighted by molar-refractivity contribution is 0.112. The van der Waals surface area contributed by atoms with E-state index < -0.39 is 0 Å². The summed E-state index contributed by atoms with van der Waals surface area (Å²) in [6.45, 7) is 1.75. The van der Waals surface area contributed by atoms with Crippen LogP contribution < -0.4 is 9.64 Å². The lowest BCUT2D eigenvalue weighted by Crippen LogP contribution is -2.22. The highest BCUT2D eigenvalue weighted by atomic mass is 16.5. The van der Waals surface area contributed by atoms with Crippen molar-refractivity contribution in [2.45, 2.75) is 6.42 Å². The van der Waals surface area contributed by atoms with Gasteiger partial charge in [0.25, 0.3) is 5.88 Å². The molecular weight excluding hydrogens is 282 g/mol. The van der Waals surface area contributed by atoms with Gasteiger partial charge in [-0.25, -0.2) is 9.97 Å². The van der Waals surface area contributed by atoms with E-state index in [0.29, 0.717) is 23.0 Å². The quantitative estimate of drug-likeness (QED) is 0.850. The minimum absolute atomic E-state index is 0.181. The maximum absolute atomic E-state index is 10.7. The Morgan fingerprint density at radius 3 is 2.73 bits per heavy atom. The Morgan fingerprint density at radius 2 is 2.05 bits per heavy atom. The highest BCUT2D eigenvalue weighted by Crippen LogP contribution is 2.31. The molecule has 22 heavy (non-hydrogen) atoms. The molecule has 114 valence electrons. The van der Waals surface area contributed by atoms with Gasteiger partial charge in [0.05, 0.1) is 0 Å². The molecule has 1 unspecified atom stereocenters. The van der Waals surface area contributed by atoms with Crippen molar-refractivity contribution in [3.05, 3.63) is 42.2 Å². The van der Waals surface area contributed by atoms with E-state index >= 15 is 0 Å². The van der Waals surface area contributed by atoms with Crippen molar-refractivity contribution in [1.29, 1.82) is 0 Å². The molecule has 6 nitrogen and oxygen atoms in total. The van der Waals surface area contributed by atoms with Crippen LogP contribution in [0, 0.1) is 5.92 Å². The summed E-state index contributed by atoms with van der Waals surface area (Å²) in [6, 6.07) is 6.83. The Labute approximate surface area is 128 Å². The van der Waals surface area contributed by atoms with Crippen LogP contribution in [0.2, 0.25) is 0 Å². The van der Waals surface area contributed by atoms with Crippen LogP contribution >= 0.6 is 0 Å². The standard InChI is InChI=1S/C16H17N3O3/c20-10-12-1-3-14(4-2-12)22-16-15(17-6-7-18-16)19-8-5-13(9-19)11-21/h1-4,6-7,10,13,21H,5,8-9,11H2. The fourth-order valence-corrected chi connectivity index (χ4v) is 2.51. The van der Waals surface area contributed by atoms with E-state index in [0.717, 1.165) is 25.8 Å². The first-order chi connectivity index (χ1) is 10.8. The van der Waals surface area contributed by atoms with Gasteiger partial charge in [-0.3, -0.25) is 4.79 Å². The molecule has 0 amide bonds. The molecule has 6 heteroatoms. The summed E-state index contributed by atoms with van der Waals surface area (Å²) in [5, 5.41) is 9.26.